The smallest absolute Gasteiger partial charge is 0.270 e. The van der Waals surface area contributed by atoms with Crippen molar-refractivity contribution in [3.63, 3.8) is 0 Å². The molecule has 0 bridgehead atoms. The molecule has 43 heavy (non-hydrogen) atoms. The van der Waals surface area contributed by atoms with Crippen molar-refractivity contribution >= 4 is 23.5 Å². The number of aromatic nitrogens is 1. The van der Waals surface area contributed by atoms with Crippen LogP contribution in [0, 0.1) is 6.92 Å². The molecule has 5 N–H and O–H groups in total. The Morgan fingerprint density at radius 3 is 2.37 bits per heavy atom. The lowest BCUT2D eigenvalue weighted by Crippen LogP contribution is -2.16. The molecule has 0 saturated carbocycles. The summed E-state index contributed by atoms with van der Waals surface area (Å²) in [5, 5.41) is 15.1. The largest absolute Gasteiger partial charge is 0.504 e. The van der Waals surface area contributed by atoms with Crippen molar-refractivity contribution in [2.24, 2.45) is 5.73 Å². The van der Waals surface area contributed by atoms with E-state index in [2.05, 4.69) is 15.6 Å². The molecule has 1 heterocycles. The first-order valence-electron chi connectivity index (χ1n) is 13.6. The van der Waals surface area contributed by atoms with E-state index in [1.54, 1.807) is 31.2 Å². The maximum atomic E-state index is 12.3. The van der Waals surface area contributed by atoms with Crippen molar-refractivity contribution < 1.29 is 33.4 Å². The van der Waals surface area contributed by atoms with Gasteiger partial charge in [0.05, 0.1) is 7.11 Å². The van der Waals surface area contributed by atoms with Crippen LogP contribution in [-0.2, 0) is 16.0 Å². The van der Waals surface area contributed by atoms with Gasteiger partial charge in [0.1, 0.15) is 5.76 Å². The fraction of sp³-hybridized carbons (Fsp3) is 0.281. The number of nitrogens with two attached hydrogens (primary N) is 1. The van der Waals surface area contributed by atoms with Crippen molar-refractivity contribution in [2.75, 3.05) is 7.11 Å². The summed E-state index contributed by atoms with van der Waals surface area (Å²) in [6.07, 6.45) is 15.0. The minimum Gasteiger partial charge on any atom is -0.504 e. The Kier molecular flexibility index (Phi) is 13.9. The predicted molar refractivity (Wildman–Crippen MR) is 162 cm³/mol. The number of ether oxygens (including phenoxy) is 1. The number of benzene rings is 1. The van der Waals surface area contributed by atoms with Crippen molar-refractivity contribution in [3.05, 3.63) is 101 Å². The zero-order chi connectivity index (χ0) is 31.8. The monoisotopic (exact) mass is 590 g/mol. The van der Waals surface area contributed by atoms with Crippen LogP contribution in [0.25, 0.3) is 0 Å². The maximum absolute atomic E-state index is 12.3. The molecule has 0 saturated heterocycles. The summed E-state index contributed by atoms with van der Waals surface area (Å²) in [5.41, 5.74) is 7.48. The van der Waals surface area contributed by atoms with Crippen molar-refractivity contribution in [1.29, 1.82) is 0 Å². The van der Waals surface area contributed by atoms with Gasteiger partial charge >= 0.3 is 0 Å². The molecule has 11 heteroatoms. The number of allylic oxidation sites excluding steroid dienone is 7. The van der Waals surface area contributed by atoms with E-state index in [1.165, 1.54) is 37.7 Å². The Labute approximate surface area is 250 Å². The molecule has 2 aromatic rings. The first-order valence-corrected chi connectivity index (χ1v) is 13.6. The zero-order valence-corrected chi connectivity index (χ0v) is 24.8. The summed E-state index contributed by atoms with van der Waals surface area (Å²) in [7, 11) is 1.43. The number of hydrogen-bond acceptors (Lipinski definition) is 8. The van der Waals surface area contributed by atoms with E-state index in [1.807, 2.05) is 26.0 Å². The molecular weight excluding hydrogens is 552 g/mol. The highest BCUT2D eigenvalue weighted by atomic mass is 16.5. The highest BCUT2D eigenvalue weighted by molar-refractivity contribution is 5.97. The van der Waals surface area contributed by atoms with Gasteiger partial charge < -0.3 is 30.6 Å². The zero-order valence-electron chi connectivity index (χ0n) is 24.8. The number of oxazole rings is 1. The van der Waals surface area contributed by atoms with E-state index in [-0.39, 0.29) is 47.6 Å². The topological polar surface area (TPSA) is 174 Å². The van der Waals surface area contributed by atoms with Gasteiger partial charge in [-0.1, -0.05) is 29.4 Å². The van der Waals surface area contributed by atoms with E-state index in [0.717, 1.165) is 11.1 Å². The molecule has 228 valence electrons. The molecule has 0 spiro atoms. The van der Waals surface area contributed by atoms with Gasteiger partial charge in [-0.3, -0.25) is 19.2 Å². The van der Waals surface area contributed by atoms with Gasteiger partial charge in [-0.2, -0.15) is 0 Å². The minimum atomic E-state index is -0.636. The SMILES string of the molecule is COc1ccc(C(=O)CCCC(=O)NC=CC(C)=CCC=CC(=O)NC=CC(C)=CCc2nc(C(N)=O)c(C)o2)cc1O. The van der Waals surface area contributed by atoms with E-state index < -0.39 is 5.91 Å². The number of Topliss-reactive ketones (excluding diaryl/α,β-unsaturated/α-hetero) is 1. The molecule has 2 rings (SSSR count). The Hall–Kier alpha value is -5.19. The lowest BCUT2D eigenvalue weighted by atomic mass is 10.0. The number of methoxy groups -OCH3 is 1. The molecule has 0 unspecified atom stereocenters. The predicted octanol–water partition coefficient (Wildman–Crippen LogP) is 4.49. The van der Waals surface area contributed by atoms with Crippen molar-refractivity contribution in [1.82, 2.24) is 15.6 Å². The van der Waals surface area contributed by atoms with Crippen LogP contribution >= 0.6 is 0 Å². The Balaban J connectivity index is 1.65. The minimum absolute atomic E-state index is 0.106. The fourth-order valence-corrected chi connectivity index (χ4v) is 3.64. The number of amides is 3. The molecule has 1 aromatic carbocycles. The van der Waals surface area contributed by atoms with E-state index in [0.29, 0.717) is 36.5 Å². The summed E-state index contributed by atoms with van der Waals surface area (Å²) in [6.45, 7) is 5.34. The highest BCUT2D eigenvalue weighted by Crippen LogP contribution is 2.26. The molecule has 0 aliphatic heterocycles. The van der Waals surface area contributed by atoms with Gasteiger partial charge in [-0.25, -0.2) is 4.98 Å². The average molecular weight is 591 g/mol. The molecule has 1 aromatic heterocycles. The standard InChI is InChI=1S/C32H38N4O7/c1-21(16-18-35-29(40)11-7-9-25(37)24-13-14-27(42-4)26(38)20-24)8-5-6-10-28(39)34-19-17-22(2)12-15-30-36-31(32(33)41)23(3)43-30/h6,8,10,12-14,16-20,38H,5,7,9,11,15H2,1-4H3,(H2,33,41)(H,34,39)(H,35,40). The third-order valence-electron chi connectivity index (χ3n) is 5.99. The van der Waals surface area contributed by atoms with Crippen LogP contribution in [0.4, 0.5) is 0 Å². The molecule has 11 nitrogen and oxygen atoms in total. The second-order valence-electron chi connectivity index (χ2n) is 9.52. The highest BCUT2D eigenvalue weighted by Gasteiger charge is 2.13. The van der Waals surface area contributed by atoms with Crippen molar-refractivity contribution in [2.45, 2.75) is 52.9 Å². The number of rotatable bonds is 16. The quantitative estimate of drug-likeness (QED) is 0.126. The van der Waals surface area contributed by atoms with E-state index in [4.69, 9.17) is 14.9 Å². The van der Waals surface area contributed by atoms with Crippen LogP contribution in [0.15, 0.2) is 82.6 Å². The average Bonchev–Trinajstić information content (AvgIpc) is 3.34. The normalized spacial score (nSPS) is 12.3. The fourth-order valence-electron chi connectivity index (χ4n) is 3.64. The number of nitrogens with zero attached hydrogens (tertiary/aromatic N) is 1. The molecule has 0 aliphatic rings. The number of aryl methyl sites for hydroxylation is 1. The van der Waals surface area contributed by atoms with E-state index >= 15 is 0 Å². The second-order valence-corrected chi connectivity index (χ2v) is 9.52. The summed E-state index contributed by atoms with van der Waals surface area (Å²) in [6, 6.07) is 4.45. The molecular formula is C32H38N4O7. The van der Waals surface area contributed by atoms with Crippen LogP contribution in [0.2, 0.25) is 0 Å². The molecule has 0 fully saturated rings. The van der Waals surface area contributed by atoms with Gasteiger partial charge in [0.25, 0.3) is 5.91 Å². The number of carbonyl (C=O) groups excluding carboxylic acids is 4. The first-order chi connectivity index (χ1) is 20.5. The van der Waals surface area contributed by atoms with Gasteiger partial charge in [0, 0.05) is 37.2 Å². The number of nitrogens with one attached hydrogen (secondary N) is 2. The second kappa shape index (κ2) is 17.6. The Morgan fingerprint density at radius 2 is 1.72 bits per heavy atom. The van der Waals surface area contributed by atoms with Gasteiger partial charge in [-0.05, 0) is 70.0 Å². The van der Waals surface area contributed by atoms with Crippen LogP contribution in [0.5, 0.6) is 11.5 Å². The number of aromatic hydroxyl groups is 1. The molecule has 0 aliphatic carbocycles. The van der Waals surface area contributed by atoms with Crippen molar-refractivity contribution in [3.8, 4) is 11.5 Å². The number of phenolic OH excluding ortho intramolecular Hbond substituents is 1. The molecule has 0 radical (unpaired) electrons. The third kappa shape index (κ3) is 12.5. The maximum Gasteiger partial charge on any atom is 0.270 e. The number of carbonyl (C=O) groups is 4. The Bertz CT molecular complexity index is 1460. The number of ketones is 1. The summed E-state index contributed by atoms with van der Waals surface area (Å²) < 4.78 is 10.4. The summed E-state index contributed by atoms with van der Waals surface area (Å²) >= 11 is 0. The van der Waals surface area contributed by atoms with Crippen LogP contribution in [-0.4, -0.2) is 40.7 Å². The Morgan fingerprint density at radius 1 is 1.02 bits per heavy atom. The van der Waals surface area contributed by atoms with Gasteiger partial charge in [0.2, 0.25) is 11.8 Å². The molecule has 3 amide bonds. The van der Waals surface area contributed by atoms with Crippen LogP contribution in [0.3, 0.4) is 0 Å². The van der Waals surface area contributed by atoms with Gasteiger partial charge in [0.15, 0.2) is 28.9 Å². The lowest BCUT2D eigenvalue weighted by molar-refractivity contribution is -0.120. The summed E-state index contributed by atoms with van der Waals surface area (Å²) in [5.74, 6) is -0.358. The third-order valence-corrected chi connectivity index (χ3v) is 5.99. The van der Waals surface area contributed by atoms with Gasteiger partial charge in [-0.15, -0.1) is 0 Å². The van der Waals surface area contributed by atoms with Crippen LogP contribution < -0.4 is 21.1 Å². The number of phenols is 1. The molecule has 0 atom stereocenters. The lowest BCUT2D eigenvalue weighted by Gasteiger charge is -2.05. The summed E-state index contributed by atoms with van der Waals surface area (Å²) in [4.78, 5) is 51.6. The number of primary amides is 1. The van der Waals surface area contributed by atoms with E-state index in [9.17, 15) is 24.3 Å². The number of hydrogen-bond donors (Lipinski definition) is 4. The first kappa shape index (κ1) is 34.0. The van der Waals surface area contributed by atoms with Crippen LogP contribution in [0.1, 0.15) is 72.0 Å².